The van der Waals surface area contributed by atoms with E-state index in [1.807, 2.05) is 13.8 Å². The predicted molar refractivity (Wildman–Crippen MR) is 158 cm³/mol. The summed E-state index contributed by atoms with van der Waals surface area (Å²) in [6.45, 7) is 4.76. The van der Waals surface area contributed by atoms with E-state index in [0.717, 1.165) is 24.3 Å². The topological polar surface area (TPSA) is 95.2 Å². The first kappa shape index (κ1) is 30.4. The number of hydrogen-bond donors (Lipinski definition) is 2. The quantitative estimate of drug-likeness (QED) is 0.193. The van der Waals surface area contributed by atoms with Crippen molar-refractivity contribution in [1.29, 1.82) is 0 Å². The van der Waals surface area contributed by atoms with Crippen LogP contribution in [-0.4, -0.2) is 51.8 Å². The minimum absolute atomic E-state index is 0.0589. The number of carbonyl (C=O) groups is 3. The van der Waals surface area contributed by atoms with Crippen LogP contribution >= 0.6 is 0 Å². The number of nitrogens with one attached hydrogen (secondary N) is 2. The zero-order chi connectivity index (χ0) is 31.5. The Bertz CT molecular complexity index is 1770. The molecule has 226 valence electrons. The Labute approximate surface area is 250 Å². The number of H-pyrrole nitrogens is 1. The highest BCUT2D eigenvalue weighted by atomic mass is 19.2. The van der Waals surface area contributed by atoms with Crippen molar-refractivity contribution in [1.82, 2.24) is 20.4 Å². The Kier molecular flexibility index (Phi) is 8.75. The summed E-state index contributed by atoms with van der Waals surface area (Å²) >= 11 is 0. The zero-order valence-corrected chi connectivity index (χ0v) is 23.9. The molecular formula is C33H28F4N4O3. The van der Waals surface area contributed by atoms with Crippen LogP contribution < -0.4 is 5.32 Å². The van der Waals surface area contributed by atoms with Gasteiger partial charge in [0.1, 0.15) is 0 Å². The Morgan fingerprint density at radius 2 is 1.41 bits per heavy atom. The average molecular weight is 605 g/mol. The van der Waals surface area contributed by atoms with Gasteiger partial charge >= 0.3 is 0 Å². The molecule has 4 aromatic rings. The number of halogens is 4. The van der Waals surface area contributed by atoms with Crippen molar-refractivity contribution in [2.24, 2.45) is 0 Å². The van der Waals surface area contributed by atoms with Gasteiger partial charge in [-0.15, -0.1) is 0 Å². The number of ketones is 1. The molecule has 7 nitrogen and oxygen atoms in total. The molecule has 1 aromatic heterocycles. The van der Waals surface area contributed by atoms with Gasteiger partial charge in [-0.05, 0) is 86.4 Å². The van der Waals surface area contributed by atoms with Gasteiger partial charge in [-0.2, -0.15) is 5.10 Å². The summed E-state index contributed by atoms with van der Waals surface area (Å²) in [7, 11) is 0. The molecule has 1 saturated carbocycles. The van der Waals surface area contributed by atoms with Gasteiger partial charge < -0.3 is 10.2 Å². The lowest BCUT2D eigenvalue weighted by atomic mass is 9.83. The number of nitrogens with zero attached hydrogens (tertiary/aromatic N) is 2. The third kappa shape index (κ3) is 6.17. The lowest BCUT2D eigenvalue weighted by molar-refractivity contribution is -0.113. The fraction of sp³-hybridized carbons (Fsp3) is 0.212. The maximum atomic E-state index is 13.9. The zero-order valence-electron chi connectivity index (χ0n) is 23.9. The Morgan fingerprint density at radius 1 is 0.864 bits per heavy atom. The van der Waals surface area contributed by atoms with Crippen molar-refractivity contribution in [2.75, 3.05) is 13.1 Å². The van der Waals surface area contributed by atoms with E-state index < -0.39 is 41.0 Å². The maximum Gasteiger partial charge on any atom is 0.254 e. The molecule has 5 rings (SSSR count). The monoisotopic (exact) mass is 604 g/mol. The van der Waals surface area contributed by atoms with Gasteiger partial charge in [0, 0.05) is 35.7 Å². The molecule has 0 bridgehead atoms. The first-order valence-electron chi connectivity index (χ1n) is 14.0. The molecular weight excluding hydrogens is 576 g/mol. The fourth-order valence-corrected chi connectivity index (χ4v) is 5.31. The molecule has 1 aliphatic rings. The van der Waals surface area contributed by atoms with E-state index >= 15 is 0 Å². The molecule has 11 heteroatoms. The smallest absolute Gasteiger partial charge is 0.254 e. The summed E-state index contributed by atoms with van der Waals surface area (Å²) in [5, 5.41) is 10.2. The summed E-state index contributed by atoms with van der Waals surface area (Å²) in [6.07, 6.45) is 4.41. The first-order chi connectivity index (χ1) is 21.1. The fourth-order valence-electron chi connectivity index (χ4n) is 5.31. The van der Waals surface area contributed by atoms with Gasteiger partial charge in [0.15, 0.2) is 29.1 Å². The minimum Gasteiger partial charge on any atom is -0.349 e. The van der Waals surface area contributed by atoms with Crippen molar-refractivity contribution in [3.05, 3.63) is 111 Å². The van der Waals surface area contributed by atoms with Crippen molar-refractivity contribution in [2.45, 2.75) is 32.7 Å². The van der Waals surface area contributed by atoms with Crippen LogP contribution in [0.1, 0.15) is 58.5 Å². The SMILES string of the molecule is CCN(CC)C(=O)c1ccc(C(=O)NC2C/C(=C\c3ccc(F)c(F)c3)C(=O)/C(=C/c3ccc(F)c(F)c3)C2)c2[nH]ncc12. The van der Waals surface area contributed by atoms with Crippen LogP contribution in [0.25, 0.3) is 23.1 Å². The molecule has 1 heterocycles. The van der Waals surface area contributed by atoms with E-state index in [4.69, 9.17) is 0 Å². The molecule has 44 heavy (non-hydrogen) atoms. The number of hydrogen-bond acceptors (Lipinski definition) is 4. The van der Waals surface area contributed by atoms with E-state index in [1.165, 1.54) is 36.5 Å². The van der Waals surface area contributed by atoms with Crippen molar-refractivity contribution in [3.8, 4) is 0 Å². The number of rotatable bonds is 7. The second kappa shape index (κ2) is 12.7. The number of amides is 2. The van der Waals surface area contributed by atoms with Crippen molar-refractivity contribution < 1.29 is 31.9 Å². The third-order valence-corrected chi connectivity index (χ3v) is 7.56. The first-order valence-corrected chi connectivity index (χ1v) is 14.0. The number of carbonyl (C=O) groups excluding carboxylic acids is 3. The summed E-state index contributed by atoms with van der Waals surface area (Å²) in [5.41, 5.74) is 1.86. The molecule has 0 spiro atoms. The molecule has 0 unspecified atom stereocenters. The van der Waals surface area contributed by atoms with Crippen LogP contribution in [0.2, 0.25) is 0 Å². The third-order valence-electron chi connectivity index (χ3n) is 7.56. The Balaban J connectivity index is 1.48. The van der Waals surface area contributed by atoms with E-state index in [9.17, 15) is 31.9 Å². The molecule has 3 aromatic carbocycles. The Morgan fingerprint density at radius 3 is 1.93 bits per heavy atom. The number of Topliss-reactive ketones (excluding diaryl/α,β-unsaturated/α-hetero) is 1. The summed E-state index contributed by atoms with van der Waals surface area (Å²) in [5.74, 6) is -5.38. The lowest BCUT2D eigenvalue weighted by Crippen LogP contribution is -2.39. The van der Waals surface area contributed by atoms with Crippen LogP contribution in [0, 0.1) is 23.3 Å². The largest absolute Gasteiger partial charge is 0.349 e. The minimum atomic E-state index is -1.09. The molecule has 0 aliphatic heterocycles. The van der Waals surface area contributed by atoms with Crippen molar-refractivity contribution in [3.63, 3.8) is 0 Å². The molecule has 0 saturated heterocycles. The van der Waals surface area contributed by atoms with Gasteiger partial charge in [-0.3, -0.25) is 19.5 Å². The van der Waals surface area contributed by atoms with Gasteiger partial charge in [-0.25, -0.2) is 17.6 Å². The van der Waals surface area contributed by atoms with E-state index in [2.05, 4.69) is 15.5 Å². The predicted octanol–water partition coefficient (Wildman–Crippen LogP) is 6.23. The van der Waals surface area contributed by atoms with Gasteiger partial charge in [0.2, 0.25) is 0 Å². The summed E-state index contributed by atoms with van der Waals surface area (Å²) in [6, 6.07) is 8.87. The number of benzene rings is 3. The highest BCUT2D eigenvalue weighted by Crippen LogP contribution is 2.30. The highest BCUT2D eigenvalue weighted by molar-refractivity contribution is 6.15. The Hall–Kier alpha value is -5.06. The number of fused-ring (bicyclic) bond motifs is 1. The van der Waals surface area contributed by atoms with Crippen LogP contribution in [0.4, 0.5) is 17.6 Å². The van der Waals surface area contributed by atoms with Gasteiger partial charge in [0.25, 0.3) is 11.8 Å². The normalized spacial score (nSPS) is 17.0. The summed E-state index contributed by atoms with van der Waals surface area (Å²) < 4.78 is 54.8. The summed E-state index contributed by atoms with van der Waals surface area (Å²) in [4.78, 5) is 41.7. The molecule has 0 radical (unpaired) electrons. The second-order valence-electron chi connectivity index (χ2n) is 10.4. The van der Waals surface area contributed by atoms with E-state index in [0.29, 0.717) is 29.6 Å². The van der Waals surface area contributed by atoms with Crippen LogP contribution in [0.5, 0.6) is 0 Å². The van der Waals surface area contributed by atoms with E-state index in [1.54, 1.807) is 11.0 Å². The molecule has 1 fully saturated rings. The number of aromatic nitrogens is 2. The lowest BCUT2D eigenvalue weighted by Gasteiger charge is -2.27. The molecule has 1 aliphatic carbocycles. The van der Waals surface area contributed by atoms with Gasteiger partial charge in [-0.1, -0.05) is 12.1 Å². The molecule has 2 N–H and O–H groups in total. The molecule has 2 amide bonds. The number of aromatic amines is 1. The van der Waals surface area contributed by atoms with Crippen LogP contribution in [0.3, 0.4) is 0 Å². The standard InChI is InChI=1S/C33H28F4N4O3/c1-3-41(4-2)33(44)23-7-8-24(30-25(23)17-38-40-30)32(43)39-22-15-20(11-18-5-9-26(34)28(36)13-18)31(42)21(16-22)12-19-6-10-27(35)29(37)14-19/h5-14,17,22H,3-4,15-16H2,1-2H3,(H,38,40)(H,39,43)/b20-11+,21-12+. The average Bonchev–Trinajstić information content (AvgIpc) is 3.49. The highest BCUT2D eigenvalue weighted by Gasteiger charge is 2.30. The van der Waals surface area contributed by atoms with Crippen LogP contribution in [0.15, 0.2) is 65.9 Å². The molecule has 0 atom stereocenters. The van der Waals surface area contributed by atoms with Crippen LogP contribution in [-0.2, 0) is 4.79 Å². The second-order valence-corrected chi connectivity index (χ2v) is 10.4. The maximum absolute atomic E-state index is 13.9. The van der Waals surface area contributed by atoms with Crippen molar-refractivity contribution >= 4 is 40.7 Å². The van der Waals surface area contributed by atoms with Gasteiger partial charge in [0.05, 0.1) is 22.8 Å². The van der Waals surface area contributed by atoms with E-state index in [-0.39, 0.29) is 46.6 Å².